The zero-order valence-electron chi connectivity index (χ0n) is 22.4. The minimum Gasteiger partial charge on any atom is -0.455 e. The Balaban J connectivity index is 1.46. The highest BCUT2D eigenvalue weighted by molar-refractivity contribution is 6.90. The molecule has 0 aliphatic rings. The molecule has 1 aromatic heterocycles. The van der Waals surface area contributed by atoms with E-state index in [0.717, 1.165) is 22.1 Å². The third kappa shape index (κ3) is 3.25. The SMILES string of the molecule is C[Si](C)(C)c1ccc2ccc3c(-c4cccc5oc6c(-c7ccccc7)cccc6c45)ccc4ccc1c2c43. The molecule has 2 heteroatoms. The molecule has 7 aromatic carbocycles. The van der Waals surface area contributed by atoms with Gasteiger partial charge in [-0.1, -0.05) is 134 Å². The van der Waals surface area contributed by atoms with Crippen molar-refractivity contribution >= 4 is 67.5 Å². The molecule has 8 aromatic rings. The van der Waals surface area contributed by atoms with Gasteiger partial charge >= 0.3 is 0 Å². The van der Waals surface area contributed by atoms with E-state index in [2.05, 4.69) is 135 Å². The minimum absolute atomic E-state index is 0.928. The van der Waals surface area contributed by atoms with E-state index in [-0.39, 0.29) is 0 Å². The summed E-state index contributed by atoms with van der Waals surface area (Å²) >= 11 is 0. The van der Waals surface area contributed by atoms with Crippen LogP contribution < -0.4 is 5.19 Å². The minimum atomic E-state index is -1.51. The van der Waals surface area contributed by atoms with Crippen LogP contribution in [0.5, 0.6) is 0 Å². The van der Waals surface area contributed by atoms with E-state index in [1.165, 1.54) is 59.6 Å². The van der Waals surface area contributed by atoms with Crippen LogP contribution in [-0.2, 0) is 0 Å². The zero-order valence-corrected chi connectivity index (χ0v) is 23.4. The first-order chi connectivity index (χ1) is 19.0. The van der Waals surface area contributed by atoms with Gasteiger partial charge in [0.25, 0.3) is 0 Å². The van der Waals surface area contributed by atoms with Gasteiger partial charge in [0, 0.05) is 16.3 Å². The summed E-state index contributed by atoms with van der Waals surface area (Å²) in [5, 5.41) is 12.0. The van der Waals surface area contributed by atoms with Gasteiger partial charge in [0.2, 0.25) is 0 Å². The fraction of sp³-hybridized carbons (Fsp3) is 0.0811. The predicted molar refractivity (Wildman–Crippen MR) is 171 cm³/mol. The number of rotatable bonds is 3. The first-order valence-corrected chi connectivity index (χ1v) is 17.2. The van der Waals surface area contributed by atoms with Crippen LogP contribution in [0.3, 0.4) is 0 Å². The van der Waals surface area contributed by atoms with Crippen molar-refractivity contribution in [2.75, 3.05) is 0 Å². The van der Waals surface area contributed by atoms with Crippen molar-refractivity contribution < 1.29 is 4.42 Å². The fourth-order valence-electron chi connectivity index (χ4n) is 6.61. The topological polar surface area (TPSA) is 13.1 Å². The van der Waals surface area contributed by atoms with E-state index < -0.39 is 8.07 Å². The number of para-hydroxylation sites is 1. The molecule has 0 aliphatic carbocycles. The van der Waals surface area contributed by atoms with Gasteiger partial charge in [-0.25, -0.2) is 0 Å². The Morgan fingerprint density at radius 1 is 0.462 bits per heavy atom. The molecule has 0 atom stereocenters. The molecule has 0 amide bonds. The molecule has 0 unspecified atom stereocenters. The molecule has 39 heavy (non-hydrogen) atoms. The third-order valence-electron chi connectivity index (χ3n) is 8.37. The van der Waals surface area contributed by atoms with Crippen molar-refractivity contribution in [2.45, 2.75) is 19.6 Å². The standard InChI is InChI=1S/C37H28OSi/c1-39(2,3)33-22-18-25-16-20-29-27(19-15-24-17-21-30(33)35(25)34(24)29)28-12-8-14-32-36(28)31-13-7-11-26(37(31)38-32)23-9-5-4-6-10-23/h4-22H,1-3H3. The van der Waals surface area contributed by atoms with Crippen LogP contribution >= 0.6 is 0 Å². The van der Waals surface area contributed by atoms with E-state index in [4.69, 9.17) is 4.42 Å². The van der Waals surface area contributed by atoms with Crippen molar-refractivity contribution in [3.63, 3.8) is 0 Å². The molecule has 1 nitrogen and oxygen atoms in total. The summed E-state index contributed by atoms with van der Waals surface area (Å²) in [5.74, 6) is 0. The molecular weight excluding hydrogens is 488 g/mol. The first kappa shape index (κ1) is 22.6. The van der Waals surface area contributed by atoms with Crippen molar-refractivity contribution in [1.29, 1.82) is 0 Å². The largest absolute Gasteiger partial charge is 0.455 e. The van der Waals surface area contributed by atoms with Crippen LogP contribution in [0.4, 0.5) is 0 Å². The van der Waals surface area contributed by atoms with Crippen LogP contribution in [-0.4, -0.2) is 8.07 Å². The van der Waals surface area contributed by atoms with E-state index in [0.29, 0.717) is 0 Å². The summed E-state index contributed by atoms with van der Waals surface area (Å²) in [6.45, 7) is 7.33. The second kappa shape index (κ2) is 8.05. The van der Waals surface area contributed by atoms with Crippen molar-refractivity contribution in [3.8, 4) is 22.3 Å². The highest BCUT2D eigenvalue weighted by Gasteiger charge is 2.22. The highest BCUT2D eigenvalue weighted by atomic mass is 28.3. The van der Waals surface area contributed by atoms with Gasteiger partial charge in [0.05, 0.1) is 8.07 Å². The molecule has 0 spiro atoms. The molecule has 0 fully saturated rings. The third-order valence-corrected chi connectivity index (χ3v) is 10.4. The molecule has 0 saturated carbocycles. The number of hydrogen-bond acceptors (Lipinski definition) is 1. The van der Waals surface area contributed by atoms with Crippen LogP contribution in [0.15, 0.2) is 120 Å². The van der Waals surface area contributed by atoms with E-state index in [1.807, 2.05) is 0 Å². The van der Waals surface area contributed by atoms with Crippen LogP contribution in [0.2, 0.25) is 19.6 Å². The molecule has 8 rings (SSSR count). The van der Waals surface area contributed by atoms with E-state index >= 15 is 0 Å². The molecule has 0 aliphatic heterocycles. The van der Waals surface area contributed by atoms with Gasteiger partial charge in [-0.05, 0) is 55.1 Å². The Bertz CT molecular complexity index is 2200. The van der Waals surface area contributed by atoms with E-state index in [1.54, 1.807) is 0 Å². The van der Waals surface area contributed by atoms with Crippen LogP contribution in [0.25, 0.3) is 76.5 Å². The predicted octanol–water partition coefficient (Wildman–Crippen LogP) is 10.4. The summed E-state index contributed by atoms with van der Waals surface area (Å²) in [7, 11) is -1.51. The maximum Gasteiger partial charge on any atom is 0.143 e. The Morgan fingerprint density at radius 2 is 1.13 bits per heavy atom. The molecule has 186 valence electrons. The van der Waals surface area contributed by atoms with Crippen molar-refractivity contribution in [3.05, 3.63) is 115 Å². The normalized spacial score (nSPS) is 12.5. The molecule has 0 bridgehead atoms. The first-order valence-electron chi connectivity index (χ1n) is 13.7. The Labute approximate surface area is 228 Å². The van der Waals surface area contributed by atoms with Gasteiger partial charge in [-0.2, -0.15) is 0 Å². The Kier molecular flexibility index (Phi) is 4.66. The molecule has 0 saturated heterocycles. The van der Waals surface area contributed by atoms with Gasteiger partial charge < -0.3 is 4.42 Å². The van der Waals surface area contributed by atoms with Crippen LogP contribution in [0.1, 0.15) is 0 Å². The molecular formula is C37H28OSi. The summed E-state index contributed by atoms with van der Waals surface area (Å²) in [4.78, 5) is 0. The quantitative estimate of drug-likeness (QED) is 0.168. The van der Waals surface area contributed by atoms with Gasteiger partial charge in [0.1, 0.15) is 11.2 Å². The molecule has 1 heterocycles. The monoisotopic (exact) mass is 516 g/mol. The zero-order chi connectivity index (χ0) is 26.3. The summed E-state index contributed by atoms with van der Waals surface area (Å²) in [6.07, 6.45) is 0. The van der Waals surface area contributed by atoms with E-state index in [9.17, 15) is 0 Å². The second-order valence-electron chi connectivity index (χ2n) is 11.7. The lowest BCUT2D eigenvalue weighted by Gasteiger charge is -2.22. The molecule has 0 radical (unpaired) electrons. The number of hydrogen-bond donors (Lipinski definition) is 0. The van der Waals surface area contributed by atoms with Gasteiger partial charge in [0.15, 0.2) is 0 Å². The lowest BCUT2D eigenvalue weighted by atomic mass is 9.88. The van der Waals surface area contributed by atoms with Crippen molar-refractivity contribution in [1.82, 2.24) is 0 Å². The Morgan fingerprint density at radius 3 is 1.92 bits per heavy atom. The maximum absolute atomic E-state index is 6.58. The fourth-order valence-corrected chi connectivity index (χ4v) is 8.21. The summed E-state index contributed by atoms with van der Waals surface area (Å²) < 4.78 is 6.58. The van der Waals surface area contributed by atoms with Crippen LogP contribution in [0, 0.1) is 0 Å². The highest BCUT2D eigenvalue weighted by Crippen LogP contribution is 2.44. The Hall–Kier alpha value is -4.40. The molecule has 0 N–H and O–H groups in total. The second-order valence-corrected chi connectivity index (χ2v) is 16.8. The van der Waals surface area contributed by atoms with Gasteiger partial charge in [-0.15, -0.1) is 0 Å². The van der Waals surface area contributed by atoms with Crippen molar-refractivity contribution in [2.24, 2.45) is 0 Å². The average molecular weight is 517 g/mol. The lowest BCUT2D eigenvalue weighted by Crippen LogP contribution is -2.38. The summed E-state index contributed by atoms with van der Waals surface area (Å²) in [5.41, 5.74) is 6.66. The average Bonchev–Trinajstić information content (AvgIpc) is 3.35. The number of fused-ring (bicyclic) bond motifs is 3. The van der Waals surface area contributed by atoms with Gasteiger partial charge in [-0.3, -0.25) is 0 Å². The maximum atomic E-state index is 6.58. The number of furan rings is 1. The summed E-state index contributed by atoms with van der Waals surface area (Å²) in [6, 6.07) is 42.1. The number of benzene rings is 7. The smallest absolute Gasteiger partial charge is 0.143 e. The lowest BCUT2D eigenvalue weighted by molar-refractivity contribution is 0.670.